The molecule has 0 aliphatic heterocycles. The van der Waals surface area contributed by atoms with Crippen molar-refractivity contribution in [3.05, 3.63) is 18.7 Å². The van der Waals surface area contributed by atoms with Crippen molar-refractivity contribution in [2.45, 2.75) is 20.0 Å². The minimum Gasteiger partial charge on any atom is -0.548 e. The molecular weight excluding hydrogens is 224 g/mol. The molecule has 0 saturated heterocycles. The zero-order valence-corrected chi connectivity index (χ0v) is 10.6. The lowest BCUT2D eigenvalue weighted by molar-refractivity contribution is -0.697. The highest BCUT2D eigenvalue weighted by Gasteiger charge is 1.99. The molecular formula is C11H20N2O4. The molecule has 6 heteroatoms. The lowest BCUT2D eigenvalue weighted by atomic mass is 10.7. The highest BCUT2D eigenvalue weighted by Crippen LogP contribution is 1.82. The van der Waals surface area contributed by atoms with Crippen molar-refractivity contribution in [3.8, 4) is 0 Å². The smallest absolute Gasteiger partial charge is 0.243 e. The third-order valence-electron chi connectivity index (χ3n) is 1.93. The number of aliphatic carboxylic acids is 1. The minimum absolute atomic E-state index is 0.319. The SMILES string of the molecule is CCn1cc[n+](CCOC)c1.COCC(=O)[O-]. The average Bonchev–Trinajstić information content (AvgIpc) is 2.75. The Hall–Kier alpha value is -1.40. The zero-order valence-electron chi connectivity index (χ0n) is 10.6. The Morgan fingerprint density at radius 2 is 2.12 bits per heavy atom. The van der Waals surface area contributed by atoms with Crippen LogP contribution in [0.15, 0.2) is 18.7 Å². The van der Waals surface area contributed by atoms with Crippen LogP contribution in [0.5, 0.6) is 0 Å². The maximum Gasteiger partial charge on any atom is 0.243 e. The van der Waals surface area contributed by atoms with Gasteiger partial charge in [0.05, 0.1) is 25.7 Å². The van der Waals surface area contributed by atoms with E-state index in [1.54, 1.807) is 7.11 Å². The first-order chi connectivity index (χ1) is 8.13. The second-order valence-electron chi connectivity index (χ2n) is 3.28. The van der Waals surface area contributed by atoms with Gasteiger partial charge in [-0.15, -0.1) is 0 Å². The van der Waals surface area contributed by atoms with E-state index in [0.29, 0.717) is 0 Å². The first-order valence-electron chi connectivity index (χ1n) is 5.36. The Balaban J connectivity index is 0.000000366. The molecule has 98 valence electrons. The van der Waals surface area contributed by atoms with Crippen molar-refractivity contribution in [2.75, 3.05) is 27.4 Å². The minimum atomic E-state index is -1.18. The highest BCUT2D eigenvalue weighted by molar-refractivity contribution is 5.65. The standard InChI is InChI=1S/C8H15N2O.C3H6O3/c1-3-9-4-5-10(8-9)6-7-11-2;1-6-2-3(4)5/h4-5,8H,3,6-7H2,1-2H3;2H2,1H3,(H,4,5)/q+1;/p-1. The van der Waals surface area contributed by atoms with Gasteiger partial charge in [0.25, 0.3) is 0 Å². The Morgan fingerprint density at radius 1 is 1.41 bits per heavy atom. The van der Waals surface area contributed by atoms with Crippen LogP contribution in [0.2, 0.25) is 0 Å². The molecule has 1 aromatic heterocycles. The number of carbonyl (C=O) groups is 1. The number of rotatable bonds is 6. The summed E-state index contributed by atoms with van der Waals surface area (Å²) in [4.78, 5) is 9.36. The first kappa shape index (κ1) is 15.6. The molecule has 0 amide bonds. The van der Waals surface area contributed by atoms with Gasteiger partial charge in [0.2, 0.25) is 6.33 Å². The number of ether oxygens (including phenoxy) is 2. The van der Waals surface area contributed by atoms with Crippen molar-refractivity contribution in [3.63, 3.8) is 0 Å². The molecule has 1 heterocycles. The number of imidazole rings is 1. The summed E-state index contributed by atoms with van der Waals surface area (Å²) in [7, 11) is 3.02. The van der Waals surface area contributed by atoms with Gasteiger partial charge in [-0.2, -0.15) is 0 Å². The van der Waals surface area contributed by atoms with E-state index in [-0.39, 0.29) is 6.61 Å². The van der Waals surface area contributed by atoms with E-state index < -0.39 is 5.97 Å². The van der Waals surface area contributed by atoms with Crippen molar-refractivity contribution in [2.24, 2.45) is 0 Å². The number of carboxylic acids is 1. The third-order valence-corrected chi connectivity index (χ3v) is 1.93. The number of carboxylic acid groups (broad SMARTS) is 1. The summed E-state index contributed by atoms with van der Waals surface area (Å²) in [6.07, 6.45) is 6.21. The Morgan fingerprint density at radius 3 is 2.47 bits per heavy atom. The van der Waals surface area contributed by atoms with Crippen LogP contribution < -0.4 is 9.67 Å². The van der Waals surface area contributed by atoms with E-state index in [1.807, 2.05) is 0 Å². The van der Waals surface area contributed by atoms with Crippen LogP contribution in [0.3, 0.4) is 0 Å². The van der Waals surface area contributed by atoms with Crippen LogP contribution in [0.25, 0.3) is 0 Å². The molecule has 0 aromatic carbocycles. The van der Waals surface area contributed by atoms with Crippen LogP contribution in [0, 0.1) is 0 Å². The fourth-order valence-electron chi connectivity index (χ4n) is 1.07. The van der Waals surface area contributed by atoms with Gasteiger partial charge < -0.3 is 19.4 Å². The normalized spacial score (nSPS) is 9.59. The number of hydrogen-bond acceptors (Lipinski definition) is 4. The van der Waals surface area contributed by atoms with E-state index in [4.69, 9.17) is 4.74 Å². The van der Waals surface area contributed by atoms with E-state index >= 15 is 0 Å². The second-order valence-corrected chi connectivity index (χ2v) is 3.28. The third kappa shape index (κ3) is 8.41. The molecule has 0 bridgehead atoms. The largest absolute Gasteiger partial charge is 0.548 e. The first-order valence-corrected chi connectivity index (χ1v) is 5.36. The van der Waals surface area contributed by atoms with Gasteiger partial charge in [-0.25, -0.2) is 9.13 Å². The molecule has 0 radical (unpaired) electrons. The summed E-state index contributed by atoms with van der Waals surface area (Å²) in [6.45, 7) is 4.54. The van der Waals surface area contributed by atoms with Gasteiger partial charge >= 0.3 is 0 Å². The van der Waals surface area contributed by atoms with Gasteiger partial charge in [-0.05, 0) is 6.92 Å². The van der Waals surface area contributed by atoms with Crippen LogP contribution >= 0.6 is 0 Å². The maximum absolute atomic E-state index is 9.36. The molecule has 0 aliphatic rings. The maximum atomic E-state index is 9.36. The monoisotopic (exact) mass is 244 g/mol. The average molecular weight is 244 g/mol. The molecule has 0 atom stereocenters. The van der Waals surface area contributed by atoms with Gasteiger partial charge in [-0.3, -0.25) is 0 Å². The summed E-state index contributed by atoms with van der Waals surface area (Å²) in [6, 6.07) is 0. The number of hydrogen-bond donors (Lipinski definition) is 0. The van der Waals surface area contributed by atoms with Gasteiger partial charge in [0.15, 0.2) is 0 Å². The molecule has 17 heavy (non-hydrogen) atoms. The highest BCUT2D eigenvalue weighted by atomic mass is 16.5. The number of methoxy groups -OCH3 is 2. The summed E-state index contributed by atoms with van der Waals surface area (Å²) >= 11 is 0. The van der Waals surface area contributed by atoms with Gasteiger partial charge in [0, 0.05) is 14.2 Å². The molecule has 0 N–H and O–H groups in total. The molecule has 1 rings (SSSR count). The summed E-state index contributed by atoms with van der Waals surface area (Å²) < 4.78 is 13.4. The van der Waals surface area contributed by atoms with Crippen molar-refractivity contribution < 1.29 is 23.9 Å². The Labute approximate surface area is 101 Å². The zero-order chi connectivity index (χ0) is 13.1. The molecule has 0 aliphatic carbocycles. The Kier molecular flexibility index (Phi) is 8.99. The predicted molar refractivity (Wildman–Crippen MR) is 59.1 cm³/mol. The number of aromatic nitrogens is 2. The number of aryl methyl sites for hydroxylation is 1. The van der Waals surface area contributed by atoms with Crippen LogP contribution in [-0.4, -0.2) is 38.0 Å². The lowest BCUT2D eigenvalue weighted by Gasteiger charge is -1.94. The molecule has 1 aromatic rings. The van der Waals surface area contributed by atoms with E-state index in [9.17, 15) is 9.90 Å². The fraction of sp³-hybridized carbons (Fsp3) is 0.636. The summed E-state index contributed by atoms with van der Waals surface area (Å²) in [5.74, 6) is -1.18. The predicted octanol–water partition coefficient (Wildman–Crippen LogP) is -1.18. The second kappa shape index (κ2) is 9.80. The van der Waals surface area contributed by atoms with Crippen LogP contribution in [0.1, 0.15) is 6.92 Å². The van der Waals surface area contributed by atoms with Crippen molar-refractivity contribution in [1.29, 1.82) is 0 Å². The van der Waals surface area contributed by atoms with E-state index in [0.717, 1.165) is 19.7 Å². The number of nitrogens with zero attached hydrogens (tertiary/aromatic N) is 2. The van der Waals surface area contributed by atoms with E-state index in [1.165, 1.54) is 7.11 Å². The fourth-order valence-corrected chi connectivity index (χ4v) is 1.07. The molecule has 0 unspecified atom stereocenters. The van der Waals surface area contributed by atoms with E-state index in [2.05, 4.69) is 39.5 Å². The molecule has 6 nitrogen and oxygen atoms in total. The summed E-state index contributed by atoms with van der Waals surface area (Å²) in [5.41, 5.74) is 0. The van der Waals surface area contributed by atoms with Crippen LogP contribution in [0.4, 0.5) is 0 Å². The quantitative estimate of drug-likeness (QED) is 0.591. The molecule has 0 saturated carbocycles. The van der Waals surface area contributed by atoms with Crippen molar-refractivity contribution >= 4 is 5.97 Å². The lowest BCUT2D eigenvalue weighted by Crippen LogP contribution is -2.33. The molecule has 0 spiro atoms. The van der Waals surface area contributed by atoms with Crippen molar-refractivity contribution in [1.82, 2.24) is 4.57 Å². The summed E-state index contributed by atoms with van der Waals surface area (Å²) in [5, 5.41) is 9.36. The molecule has 0 fully saturated rings. The Bertz CT molecular complexity index is 312. The topological polar surface area (TPSA) is 67.4 Å². The van der Waals surface area contributed by atoms with Gasteiger partial charge in [-0.1, -0.05) is 0 Å². The van der Waals surface area contributed by atoms with Gasteiger partial charge in [0.1, 0.15) is 18.9 Å². The van der Waals surface area contributed by atoms with Crippen LogP contribution in [-0.2, 0) is 27.4 Å². The number of carbonyl (C=O) groups excluding carboxylic acids is 1.